The fourth-order valence-electron chi connectivity index (χ4n) is 2.94. The fourth-order valence-corrected chi connectivity index (χ4v) is 2.94. The van der Waals surface area contributed by atoms with Gasteiger partial charge in [-0.1, -0.05) is 12.1 Å². The molecule has 0 aromatic carbocycles. The van der Waals surface area contributed by atoms with Crippen molar-refractivity contribution in [2.45, 2.75) is 31.8 Å². The van der Waals surface area contributed by atoms with Gasteiger partial charge in [0.25, 0.3) is 0 Å². The lowest BCUT2D eigenvalue weighted by atomic mass is 10.0. The average Bonchev–Trinajstić information content (AvgIpc) is 2.61. The molecule has 4 nitrogen and oxygen atoms in total. The van der Waals surface area contributed by atoms with Gasteiger partial charge in [-0.15, -0.1) is 0 Å². The molecule has 1 fully saturated rings. The van der Waals surface area contributed by atoms with Crippen molar-refractivity contribution in [1.82, 2.24) is 20.2 Å². The summed E-state index contributed by atoms with van der Waals surface area (Å²) in [6.07, 6.45) is 9.14. The molecule has 3 heterocycles. The molecule has 1 saturated heterocycles. The molecule has 4 heteroatoms. The number of likely N-dealkylation sites (tertiary alicyclic amines) is 1. The van der Waals surface area contributed by atoms with Gasteiger partial charge < -0.3 is 10.2 Å². The van der Waals surface area contributed by atoms with E-state index in [1.54, 1.807) is 0 Å². The van der Waals surface area contributed by atoms with Gasteiger partial charge in [0.15, 0.2) is 0 Å². The van der Waals surface area contributed by atoms with Crippen molar-refractivity contribution < 1.29 is 0 Å². The van der Waals surface area contributed by atoms with Crippen LogP contribution in [0.5, 0.6) is 0 Å². The Morgan fingerprint density at radius 3 is 2.73 bits per heavy atom. The zero-order chi connectivity index (χ0) is 15.0. The normalized spacial score (nSPS) is 16.7. The van der Waals surface area contributed by atoms with E-state index in [-0.39, 0.29) is 0 Å². The maximum Gasteiger partial charge on any atom is 0.0416 e. The highest BCUT2D eigenvalue weighted by molar-refractivity contribution is 5.08. The molecule has 0 aliphatic carbocycles. The largest absolute Gasteiger partial charge is 0.310 e. The second-order valence-electron chi connectivity index (χ2n) is 5.93. The van der Waals surface area contributed by atoms with Crippen LogP contribution in [0.25, 0.3) is 0 Å². The summed E-state index contributed by atoms with van der Waals surface area (Å²) in [5.74, 6) is 0. The second kappa shape index (κ2) is 8.01. The highest BCUT2D eigenvalue weighted by Gasteiger charge is 2.18. The van der Waals surface area contributed by atoms with Crippen LogP contribution in [0.15, 0.2) is 48.9 Å². The van der Waals surface area contributed by atoms with Gasteiger partial charge in [0, 0.05) is 49.8 Å². The first-order valence-electron chi connectivity index (χ1n) is 8.15. The summed E-state index contributed by atoms with van der Waals surface area (Å²) < 4.78 is 0. The molecule has 0 unspecified atom stereocenters. The Balaban J connectivity index is 1.35. The maximum absolute atomic E-state index is 4.40. The molecule has 0 radical (unpaired) electrons. The van der Waals surface area contributed by atoms with Crippen molar-refractivity contribution in [1.29, 1.82) is 0 Å². The van der Waals surface area contributed by atoms with E-state index in [2.05, 4.69) is 38.4 Å². The molecule has 1 N–H and O–H groups in total. The van der Waals surface area contributed by atoms with Crippen molar-refractivity contribution in [2.24, 2.45) is 0 Å². The van der Waals surface area contributed by atoms with E-state index in [0.29, 0.717) is 6.04 Å². The lowest BCUT2D eigenvalue weighted by Gasteiger charge is -2.32. The van der Waals surface area contributed by atoms with Crippen molar-refractivity contribution in [3.05, 3.63) is 60.2 Å². The van der Waals surface area contributed by atoms with Crippen LogP contribution in [0.1, 0.15) is 24.1 Å². The lowest BCUT2D eigenvalue weighted by Crippen LogP contribution is -2.42. The summed E-state index contributed by atoms with van der Waals surface area (Å²) in [7, 11) is 0. The molecule has 3 rings (SSSR count). The van der Waals surface area contributed by atoms with E-state index < -0.39 is 0 Å². The number of rotatable bonds is 6. The maximum atomic E-state index is 4.40. The zero-order valence-electron chi connectivity index (χ0n) is 13.0. The number of piperidine rings is 1. The summed E-state index contributed by atoms with van der Waals surface area (Å²) in [5.41, 5.74) is 2.46. The zero-order valence-corrected chi connectivity index (χ0v) is 13.0. The Hall–Kier alpha value is -1.78. The van der Waals surface area contributed by atoms with Gasteiger partial charge in [0.2, 0.25) is 0 Å². The quantitative estimate of drug-likeness (QED) is 0.888. The molecule has 0 amide bonds. The van der Waals surface area contributed by atoms with E-state index in [4.69, 9.17) is 0 Å². The lowest BCUT2D eigenvalue weighted by molar-refractivity contribution is 0.198. The third-order valence-corrected chi connectivity index (χ3v) is 4.32. The molecule has 0 spiro atoms. The molecule has 22 heavy (non-hydrogen) atoms. The average molecular weight is 296 g/mol. The van der Waals surface area contributed by atoms with Crippen LogP contribution in [0.3, 0.4) is 0 Å². The number of hydrogen-bond donors (Lipinski definition) is 1. The van der Waals surface area contributed by atoms with Crippen LogP contribution in [0.4, 0.5) is 0 Å². The minimum absolute atomic E-state index is 0.631. The predicted octanol–water partition coefficient (Wildman–Crippen LogP) is 2.27. The van der Waals surface area contributed by atoms with Crippen LogP contribution in [0, 0.1) is 0 Å². The van der Waals surface area contributed by atoms with Crippen LogP contribution in [-0.4, -0.2) is 40.5 Å². The molecule has 0 bridgehead atoms. The first kappa shape index (κ1) is 15.1. The topological polar surface area (TPSA) is 41.0 Å². The second-order valence-corrected chi connectivity index (χ2v) is 5.93. The van der Waals surface area contributed by atoms with Gasteiger partial charge in [-0.25, -0.2) is 0 Å². The number of pyridine rings is 2. The molecular weight excluding hydrogens is 272 g/mol. The summed E-state index contributed by atoms with van der Waals surface area (Å²) >= 11 is 0. The minimum atomic E-state index is 0.631. The van der Waals surface area contributed by atoms with Gasteiger partial charge in [0.1, 0.15) is 0 Å². The number of hydrogen-bond acceptors (Lipinski definition) is 4. The Morgan fingerprint density at radius 2 is 2.00 bits per heavy atom. The Morgan fingerprint density at radius 1 is 1.09 bits per heavy atom. The van der Waals surface area contributed by atoms with Crippen LogP contribution < -0.4 is 5.32 Å². The highest BCUT2D eigenvalue weighted by atomic mass is 15.1. The van der Waals surface area contributed by atoms with Gasteiger partial charge in [-0.3, -0.25) is 9.97 Å². The predicted molar refractivity (Wildman–Crippen MR) is 88.5 cm³/mol. The summed E-state index contributed by atoms with van der Waals surface area (Å²) in [5, 5.41) is 3.65. The van der Waals surface area contributed by atoms with Gasteiger partial charge in [0.05, 0.1) is 0 Å². The molecular formula is C18H24N4. The van der Waals surface area contributed by atoms with E-state index >= 15 is 0 Å². The number of nitrogens with one attached hydrogen (secondary N) is 1. The third kappa shape index (κ3) is 4.61. The van der Waals surface area contributed by atoms with Crippen LogP contribution >= 0.6 is 0 Å². The van der Waals surface area contributed by atoms with Crippen molar-refractivity contribution >= 4 is 0 Å². The van der Waals surface area contributed by atoms with Gasteiger partial charge in [-0.2, -0.15) is 0 Å². The first-order valence-corrected chi connectivity index (χ1v) is 8.15. The minimum Gasteiger partial charge on any atom is -0.310 e. The molecule has 0 atom stereocenters. The van der Waals surface area contributed by atoms with Gasteiger partial charge >= 0.3 is 0 Å². The van der Waals surface area contributed by atoms with E-state index in [0.717, 1.165) is 19.5 Å². The summed E-state index contributed by atoms with van der Waals surface area (Å²) in [6.45, 7) is 4.40. The molecule has 0 saturated carbocycles. The number of nitrogens with zero attached hydrogens (tertiary/aromatic N) is 3. The summed E-state index contributed by atoms with van der Waals surface area (Å²) in [6, 6.07) is 10.9. The molecule has 2 aromatic heterocycles. The smallest absolute Gasteiger partial charge is 0.0416 e. The van der Waals surface area contributed by atoms with Crippen LogP contribution in [-0.2, 0) is 13.0 Å². The third-order valence-electron chi connectivity index (χ3n) is 4.32. The molecule has 1 aliphatic rings. The Labute approximate surface area is 132 Å². The molecule has 116 valence electrons. The molecule has 2 aromatic rings. The molecule has 1 aliphatic heterocycles. The number of aromatic nitrogens is 2. The monoisotopic (exact) mass is 296 g/mol. The summed E-state index contributed by atoms with van der Waals surface area (Å²) in [4.78, 5) is 11.1. The first-order chi connectivity index (χ1) is 10.9. The highest BCUT2D eigenvalue weighted by Crippen LogP contribution is 2.11. The van der Waals surface area contributed by atoms with Crippen molar-refractivity contribution in [2.75, 3.05) is 19.6 Å². The Bertz CT molecular complexity index is 484. The van der Waals surface area contributed by atoms with E-state index in [1.165, 1.54) is 37.2 Å². The van der Waals surface area contributed by atoms with Crippen molar-refractivity contribution in [3.63, 3.8) is 0 Å². The fraction of sp³-hybridized carbons (Fsp3) is 0.444. The van der Waals surface area contributed by atoms with Gasteiger partial charge in [-0.05, 0) is 49.7 Å². The standard InChI is InChI=1S/C18H24N4/c1-2-10-20-17(5-1)6-11-22-12-7-18(8-13-22)21-15-16-4-3-9-19-14-16/h1-5,9-10,14,18,21H,6-8,11-13,15H2. The van der Waals surface area contributed by atoms with Crippen LogP contribution in [0.2, 0.25) is 0 Å². The van der Waals surface area contributed by atoms with E-state index in [1.807, 2.05) is 30.7 Å². The SMILES string of the molecule is c1ccc(CCN2CCC(NCc3cccnc3)CC2)nc1. The van der Waals surface area contributed by atoms with E-state index in [9.17, 15) is 0 Å². The Kier molecular flexibility index (Phi) is 5.51. The van der Waals surface area contributed by atoms with Crippen molar-refractivity contribution in [3.8, 4) is 0 Å².